The summed E-state index contributed by atoms with van der Waals surface area (Å²) < 4.78 is 0. The molecule has 2 aromatic carbocycles. The molecule has 27 heavy (non-hydrogen) atoms. The van der Waals surface area contributed by atoms with Gasteiger partial charge in [-0.2, -0.15) is 5.10 Å². The maximum absolute atomic E-state index is 6.19. The highest BCUT2D eigenvalue weighted by Crippen LogP contribution is 2.29. The summed E-state index contributed by atoms with van der Waals surface area (Å²) in [5, 5.41) is 5.94. The van der Waals surface area contributed by atoms with Crippen molar-refractivity contribution in [1.29, 1.82) is 0 Å². The molecule has 4 rings (SSSR count). The molecule has 5 nitrogen and oxygen atoms in total. The first kappa shape index (κ1) is 17.1. The van der Waals surface area contributed by atoms with Crippen LogP contribution in [0.1, 0.15) is 12.5 Å². The highest BCUT2D eigenvalue weighted by atomic mass is 35.5. The number of benzene rings is 2. The SMILES string of the molecule is C/C(=N\Nc1nc(-c2ccccc2)c2cc(Cl)ccc2n1)c1cccnc1. The van der Waals surface area contributed by atoms with Crippen LogP contribution in [-0.4, -0.2) is 20.7 Å². The molecule has 2 heterocycles. The zero-order chi connectivity index (χ0) is 18.6. The summed E-state index contributed by atoms with van der Waals surface area (Å²) in [4.78, 5) is 13.4. The van der Waals surface area contributed by atoms with Crippen LogP contribution in [0.15, 0.2) is 78.2 Å². The van der Waals surface area contributed by atoms with Crippen molar-refractivity contribution in [2.24, 2.45) is 5.10 Å². The number of aromatic nitrogens is 3. The van der Waals surface area contributed by atoms with E-state index in [1.54, 1.807) is 12.4 Å². The summed E-state index contributed by atoms with van der Waals surface area (Å²) >= 11 is 6.19. The van der Waals surface area contributed by atoms with Gasteiger partial charge in [-0.15, -0.1) is 0 Å². The van der Waals surface area contributed by atoms with Crippen molar-refractivity contribution < 1.29 is 0 Å². The van der Waals surface area contributed by atoms with Gasteiger partial charge in [0, 0.05) is 33.9 Å². The van der Waals surface area contributed by atoms with Crippen molar-refractivity contribution >= 4 is 34.2 Å². The summed E-state index contributed by atoms with van der Waals surface area (Å²) in [5.74, 6) is 0.423. The van der Waals surface area contributed by atoms with Crippen molar-refractivity contribution in [1.82, 2.24) is 15.0 Å². The van der Waals surface area contributed by atoms with Gasteiger partial charge in [0.2, 0.25) is 5.95 Å². The molecule has 1 N–H and O–H groups in total. The quantitative estimate of drug-likeness (QED) is 0.395. The maximum Gasteiger partial charge on any atom is 0.244 e. The third-order valence-electron chi connectivity index (χ3n) is 4.11. The number of fused-ring (bicyclic) bond motifs is 1. The second-order valence-corrected chi connectivity index (χ2v) is 6.41. The zero-order valence-electron chi connectivity index (χ0n) is 14.6. The Bertz CT molecular complexity index is 1110. The molecule has 0 saturated carbocycles. The standard InChI is InChI=1S/C21H16ClN5/c1-14(16-8-5-11-23-13-16)26-27-21-24-19-10-9-17(22)12-18(19)20(25-21)15-6-3-2-4-7-15/h2-13H,1H3,(H,24,25,27)/b26-14+. The van der Waals surface area contributed by atoms with Gasteiger partial charge >= 0.3 is 0 Å². The van der Waals surface area contributed by atoms with Gasteiger partial charge in [-0.25, -0.2) is 15.4 Å². The highest BCUT2D eigenvalue weighted by Gasteiger charge is 2.10. The van der Waals surface area contributed by atoms with Crippen LogP contribution in [-0.2, 0) is 0 Å². The lowest BCUT2D eigenvalue weighted by atomic mass is 10.1. The summed E-state index contributed by atoms with van der Waals surface area (Å²) in [5.41, 5.74) is 7.28. The second kappa shape index (κ2) is 7.51. The van der Waals surface area contributed by atoms with E-state index in [1.807, 2.05) is 67.6 Å². The van der Waals surface area contributed by atoms with Crippen LogP contribution in [0.5, 0.6) is 0 Å². The number of nitrogens with zero attached hydrogens (tertiary/aromatic N) is 4. The van der Waals surface area contributed by atoms with Crippen LogP contribution in [0.4, 0.5) is 5.95 Å². The predicted molar refractivity (Wildman–Crippen MR) is 110 cm³/mol. The number of nitrogens with one attached hydrogen (secondary N) is 1. The Hall–Kier alpha value is -3.31. The Morgan fingerprint density at radius 3 is 2.63 bits per heavy atom. The van der Waals surface area contributed by atoms with Crippen molar-refractivity contribution in [2.75, 3.05) is 5.43 Å². The van der Waals surface area contributed by atoms with Crippen LogP contribution < -0.4 is 5.43 Å². The molecule has 0 unspecified atom stereocenters. The zero-order valence-corrected chi connectivity index (χ0v) is 15.4. The first-order valence-corrected chi connectivity index (χ1v) is 8.82. The number of pyridine rings is 1. The second-order valence-electron chi connectivity index (χ2n) is 5.97. The number of anilines is 1. The molecule has 0 amide bonds. The number of hydrogen-bond acceptors (Lipinski definition) is 5. The molecule has 0 saturated heterocycles. The van der Waals surface area contributed by atoms with Crippen molar-refractivity contribution in [2.45, 2.75) is 6.92 Å². The lowest BCUT2D eigenvalue weighted by Gasteiger charge is -2.09. The fourth-order valence-corrected chi connectivity index (χ4v) is 2.91. The lowest BCUT2D eigenvalue weighted by molar-refractivity contribution is 1.15. The van der Waals surface area contributed by atoms with Gasteiger partial charge in [-0.05, 0) is 31.2 Å². The summed E-state index contributed by atoms with van der Waals surface area (Å²) in [6.45, 7) is 1.91. The van der Waals surface area contributed by atoms with Crippen LogP contribution in [0.25, 0.3) is 22.2 Å². The normalized spacial score (nSPS) is 11.6. The van der Waals surface area contributed by atoms with E-state index in [9.17, 15) is 0 Å². The first-order valence-electron chi connectivity index (χ1n) is 8.44. The summed E-state index contributed by atoms with van der Waals surface area (Å²) in [7, 11) is 0. The summed E-state index contributed by atoms with van der Waals surface area (Å²) in [6.07, 6.45) is 3.49. The van der Waals surface area contributed by atoms with Gasteiger partial charge in [0.25, 0.3) is 0 Å². The third kappa shape index (κ3) is 3.78. The Kier molecular flexibility index (Phi) is 4.77. The predicted octanol–water partition coefficient (Wildman–Crippen LogP) is 5.18. The molecule has 132 valence electrons. The average molecular weight is 374 g/mol. The molecule has 2 aromatic heterocycles. The van der Waals surface area contributed by atoms with E-state index in [4.69, 9.17) is 11.6 Å². The molecular formula is C21H16ClN5. The Morgan fingerprint density at radius 2 is 1.85 bits per heavy atom. The molecule has 4 aromatic rings. The van der Waals surface area contributed by atoms with E-state index in [2.05, 4.69) is 25.5 Å². The fourth-order valence-electron chi connectivity index (χ4n) is 2.74. The minimum Gasteiger partial charge on any atom is -0.264 e. The molecule has 0 fully saturated rings. The Morgan fingerprint density at radius 1 is 1.00 bits per heavy atom. The molecule has 0 aliphatic heterocycles. The molecular weight excluding hydrogens is 358 g/mol. The van der Waals surface area contributed by atoms with Crippen LogP contribution in [0, 0.1) is 0 Å². The van der Waals surface area contributed by atoms with E-state index >= 15 is 0 Å². The monoisotopic (exact) mass is 373 g/mol. The van der Waals surface area contributed by atoms with Crippen LogP contribution in [0.2, 0.25) is 5.02 Å². The van der Waals surface area contributed by atoms with E-state index in [1.165, 1.54) is 0 Å². The number of rotatable bonds is 4. The molecule has 0 atom stereocenters. The average Bonchev–Trinajstić information content (AvgIpc) is 2.73. The van der Waals surface area contributed by atoms with E-state index in [0.29, 0.717) is 11.0 Å². The minimum absolute atomic E-state index is 0.423. The topological polar surface area (TPSA) is 63.1 Å². The van der Waals surface area contributed by atoms with Gasteiger partial charge in [-0.3, -0.25) is 4.98 Å². The molecule has 0 radical (unpaired) electrons. The third-order valence-corrected chi connectivity index (χ3v) is 4.34. The molecule has 0 aliphatic carbocycles. The van der Waals surface area contributed by atoms with E-state index in [0.717, 1.165) is 33.4 Å². The Balaban J connectivity index is 1.77. The van der Waals surface area contributed by atoms with Crippen molar-refractivity contribution in [3.05, 3.63) is 83.6 Å². The smallest absolute Gasteiger partial charge is 0.244 e. The highest BCUT2D eigenvalue weighted by molar-refractivity contribution is 6.31. The first-order chi connectivity index (χ1) is 13.2. The molecule has 0 spiro atoms. The van der Waals surface area contributed by atoms with Gasteiger partial charge in [-0.1, -0.05) is 48.0 Å². The van der Waals surface area contributed by atoms with Crippen molar-refractivity contribution in [3.63, 3.8) is 0 Å². The maximum atomic E-state index is 6.19. The molecule has 6 heteroatoms. The Labute approximate surface area is 161 Å². The van der Waals surface area contributed by atoms with Crippen LogP contribution in [0.3, 0.4) is 0 Å². The van der Waals surface area contributed by atoms with Gasteiger partial charge in [0.05, 0.1) is 16.9 Å². The minimum atomic E-state index is 0.423. The molecule has 0 aliphatic rings. The lowest BCUT2D eigenvalue weighted by Crippen LogP contribution is -2.03. The number of halogens is 1. The van der Waals surface area contributed by atoms with Crippen LogP contribution >= 0.6 is 11.6 Å². The van der Waals surface area contributed by atoms with E-state index in [-0.39, 0.29) is 0 Å². The van der Waals surface area contributed by atoms with Crippen molar-refractivity contribution in [3.8, 4) is 11.3 Å². The van der Waals surface area contributed by atoms with Gasteiger partial charge < -0.3 is 0 Å². The number of hydrazone groups is 1. The van der Waals surface area contributed by atoms with Gasteiger partial charge in [0.15, 0.2) is 0 Å². The summed E-state index contributed by atoms with van der Waals surface area (Å²) in [6, 6.07) is 19.4. The largest absolute Gasteiger partial charge is 0.264 e. The van der Waals surface area contributed by atoms with Gasteiger partial charge in [0.1, 0.15) is 0 Å². The number of hydrogen-bond donors (Lipinski definition) is 1. The van der Waals surface area contributed by atoms with E-state index < -0.39 is 0 Å². The molecule has 0 bridgehead atoms. The fraction of sp³-hybridized carbons (Fsp3) is 0.0476.